The highest BCUT2D eigenvalue weighted by atomic mass is 15.1. The van der Waals surface area contributed by atoms with Gasteiger partial charge in [0.1, 0.15) is 0 Å². The highest BCUT2D eigenvalue weighted by Crippen LogP contribution is 2.30. The lowest BCUT2D eigenvalue weighted by molar-refractivity contribution is 0.135. The van der Waals surface area contributed by atoms with Crippen LogP contribution in [-0.2, 0) is 0 Å². The molecular formula is C16H32N2. The second-order valence-electron chi connectivity index (χ2n) is 6.62. The van der Waals surface area contributed by atoms with E-state index in [1.54, 1.807) is 0 Å². The minimum absolute atomic E-state index is 0.875. The molecule has 1 unspecified atom stereocenters. The Labute approximate surface area is 114 Å². The molecule has 1 heterocycles. The molecule has 2 nitrogen and oxygen atoms in total. The molecule has 2 heteroatoms. The Morgan fingerprint density at radius 1 is 1.06 bits per heavy atom. The molecule has 0 spiro atoms. The van der Waals surface area contributed by atoms with Crippen LogP contribution >= 0.6 is 0 Å². The minimum Gasteiger partial charge on any atom is -0.316 e. The SMILES string of the molecule is CCCC1CCC(N(C)CC2CCCNC2)CC1. The van der Waals surface area contributed by atoms with Crippen LogP contribution in [0.15, 0.2) is 0 Å². The van der Waals surface area contributed by atoms with Crippen molar-refractivity contribution < 1.29 is 0 Å². The normalized spacial score (nSPS) is 33.8. The van der Waals surface area contributed by atoms with E-state index in [4.69, 9.17) is 0 Å². The van der Waals surface area contributed by atoms with E-state index < -0.39 is 0 Å². The summed E-state index contributed by atoms with van der Waals surface area (Å²) in [5.74, 6) is 1.94. The number of nitrogens with zero attached hydrogens (tertiary/aromatic N) is 1. The summed E-state index contributed by atoms with van der Waals surface area (Å²) in [6.45, 7) is 6.13. The summed E-state index contributed by atoms with van der Waals surface area (Å²) in [6.07, 6.45) is 11.5. The smallest absolute Gasteiger partial charge is 0.00925 e. The van der Waals surface area contributed by atoms with Crippen molar-refractivity contribution in [2.24, 2.45) is 11.8 Å². The van der Waals surface area contributed by atoms with Crippen molar-refractivity contribution >= 4 is 0 Å². The van der Waals surface area contributed by atoms with Gasteiger partial charge in [-0.3, -0.25) is 0 Å². The largest absolute Gasteiger partial charge is 0.316 e. The van der Waals surface area contributed by atoms with Crippen LogP contribution in [0.3, 0.4) is 0 Å². The van der Waals surface area contributed by atoms with Gasteiger partial charge in [-0.25, -0.2) is 0 Å². The summed E-state index contributed by atoms with van der Waals surface area (Å²) < 4.78 is 0. The van der Waals surface area contributed by atoms with Crippen LogP contribution in [0.25, 0.3) is 0 Å². The van der Waals surface area contributed by atoms with Gasteiger partial charge in [-0.05, 0) is 70.5 Å². The van der Waals surface area contributed by atoms with Crippen LogP contribution in [0.1, 0.15) is 58.3 Å². The van der Waals surface area contributed by atoms with Crippen LogP contribution in [0, 0.1) is 11.8 Å². The second kappa shape index (κ2) is 7.49. The summed E-state index contributed by atoms with van der Waals surface area (Å²) in [5, 5.41) is 3.54. The maximum Gasteiger partial charge on any atom is 0.00925 e. The van der Waals surface area contributed by atoms with Gasteiger partial charge in [0.05, 0.1) is 0 Å². The Morgan fingerprint density at radius 2 is 1.83 bits per heavy atom. The molecule has 2 rings (SSSR count). The number of hydrogen-bond acceptors (Lipinski definition) is 2. The lowest BCUT2D eigenvalue weighted by Crippen LogP contribution is -2.42. The molecule has 1 aliphatic heterocycles. The van der Waals surface area contributed by atoms with Gasteiger partial charge in [-0.2, -0.15) is 0 Å². The molecule has 1 saturated carbocycles. The van der Waals surface area contributed by atoms with Crippen molar-refractivity contribution in [3.63, 3.8) is 0 Å². The zero-order valence-electron chi connectivity index (χ0n) is 12.5. The number of piperidine rings is 1. The number of hydrogen-bond donors (Lipinski definition) is 1. The van der Waals surface area contributed by atoms with Crippen LogP contribution in [0.2, 0.25) is 0 Å². The molecule has 2 fully saturated rings. The van der Waals surface area contributed by atoms with Crippen molar-refractivity contribution in [2.75, 3.05) is 26.7 Å². The summed E-state index contributed by atoms with van der Waals surface area (Å²) in [4.78, 5) is 2.67. The molecule has 0 radical (unpaired) electrons. The first-order valence-electron chi connectivity index (χ1n) is 8.20. The fourth-order valence-electron chi connectivity index (χ4n) is 3.92. The molecular weight excluding hydrogens is 220 g/mol. The Hall–Kier alpha value is -0.0800. The van der Waals surface area contributed by atoms with Gasteiger partial charge < -0.3 is 10.2 Å². The Balaban J connectivity index is 1.68. The van der Waals surface area contributed by atoms with Crippen molar-refractivity contribution in [1.82, 2.24) is 10.2 Å². The first kappa shape index (κ1) is 14.3. The molecule has 0 bridgehead atoms. The minimum atomic E-state index is 0.875. The standard InChI is InChI=1S/C16H32N2/c1-3-5-14-7-9-16(10-8-14)18(2)13-15-6-4-11-17-12-15/h14-17H,3-13H2,1-2H3. The summed E-state index contributed by atoms with van der Waals surface area (Å²) in [5.41, 5.74) is 0. The molecule has 2 aliphatic rings. The second-order valence-corrected chi connectivity index (χ2v) is 6.62. The topological polar surface area (TPSA) is 15.3 Å². The van der Waals surface area contributed by atoms with E-state index >= 15 is 0 Å². The van der Waals surface area contributed by atoms with Crippen LogP contribution < -0.4 is 5.32 Å². The van der Waals surface area contributed by atoms with Gasteiger partial charge in [-0.1, -0.05) is 19.8 Å². The molecule has 1 saturated heterocycles. The lowest BCUT2D eigenvalue weighted by atomic mass is 9.83. The molecule has 0 aromatic rings. The Kier molecular flexibility index (Phi) is 5.97. The molecule has 106 valence electrons. The third kappa shape index (κ3) is 4.24. The van der Waals surface area contributed by atoms with E-state index in [1.165, 1.54) is 71.0 Å². The average Bonchev–Trinajstić information content (AvgIpc) is 2.41. The maximum atomic E-state index is 3.54. The van der Waals surface area contributed by atoms with Crippen LogP contribution in [-0.4, -0.2) is 37.6 Å². The van der Waals surface area contributed by atoms with E-state index in [1.807, 2.05) is 0 Å². The van der Waals surface area contributed by atoms with E-state index in [0.29, 0.717) is 0 Å². The summed E-state index contributed by atoms with van der Waals surface area (Å²) in [7, 11) is 2.36. The zero-order chi connectivity index (χ0) is 12.8. The monoisotopic (exact) mass is 252 g/mol. The van der Waals surface area contributed by atoms with Crippen molar-refractivity contribution in [3.8, 4) is 0 Å². The molecule has 18 heavy (non-hydrogen) atoms. The lowest BCUT2D eigenvalue weighted by Gasteiger charge is -2.37. The van der Waals surface area contributed by atoms with Crippen LogP contribution in [0.4, 0.5) is 0 Å². The van der Waals surface area contributed by atoms with E-state index in [-0.39, 0.29) is 0 Å². The number of nitrogens with one attached hydrogen (secondary N) is 1. The number of rotatable bonds is 5. The van der Waals surface area contributed by atoms with Gasteiger partial charge in [0.2, 0.25) is 0 Å². The van der Waals surface area contributed by atoms with Gasteiger partial charge in [-0.15, -0.1) is 0 Å². The highest BCUT2D eigenvalue weighted by molar-refractivity contribution is 4.80. The molecule has 1 N–H and O–H groups in total. The molecule has 0 aromatic heterocycles. The highest BCUT2D eigenvalue weighted by Gasteiger charge is 2.25. The third-order valence-corrected chi connectivity index (χ3v) is 5.08. The van der Waals surface area contributed by atoms with Gasteiger partial charge >= 0.3 is 0 Å². The molecule has 0 amide bonds. The molecule has 1 atom stereocenters. The predicted molar refractivity (Wildman–Crippen MR) is 78.9 cm³/mol. The first-order valence-corrected chi connectivity index (χ1v) is 8.20. The van der Waals surface area contributed by atoms with Gasteiger partial charge in [0.15, 0.2) is 0 Å². The zero-order valence-corrected chi connectivity index (χ0v) is 12.5. The Morgan fingerprint density at radius 3 is 2.44 bits per heavy atom. The quantitative estimate of drug-likeness (QED) is 0.808. The van der Waals surface area contributed by atoms with Gasteiger partial charge in [0, 0.05) is 12.6 Å². The van der Waals surface area contributed by atoms with E-state index in [0.717, 1.165) is 17.9 Å². The third-order valence-electron chi connectivity index (χ3n) is 5.08. The maximum absolute atomic E-state index is 3.54. The average molecular weight is 252 g/mol. The predicted octanol–water partition coefficient (Wildman–Crippen LogP) is 3.28. The summed E-state index contributed by atoms with van der Waals surface area (Å²) >= 11 is 0. The summed E-state index contributed by atoms with van der Waals surface area (Å²) in [6, 6.07) is 0.875. The van der Waals surface area contributed by atoms with Crippen molar-refractivity contribution in [1.29, 1.82) is 0 Å². The van der Waals surface area contributed by atoms with E-state index in [2.05, 4.69) is 24.2 Å². The Bertz CT molecular complexity index is 215. The fourth-order valence-corrected chi connectivity index (χ4v) is 3.92. The van der Waals surface area contributed by atoms with Crippen molar-refractivity contribution in [3.05, 3.63) is 0 Å². The molecule has 1 aliphatic carbocycles. The fraction of sp³-hybridized carbons (Fsp3) is 1.00. The van der Waals surface area contributed by atoms with Gasteiger partial charge in [0.25, 0.3) is 0 Å². The van der Waals surface area contributed by atoms with E-state index in [9.17, 15) is 0 Å². The molecule has 0 aromatic carbocycles. The van der Waals surface area contributed by atoms with Crippen LogP contribution in [0.5, 0.6) is 0 Å². The first-order chi connectivity index (χ1) is 8.79. The van der Waals surface area contributed by atoms with Crippen molar-refractivity contribution in [2.45, 2.75) is 64.3 Å².